The zero-order valence-electron chi connectivity index (χ0n) is 11.5. The van der Waals surface area contributed by atoms with Crippen LogP contribution in [-0.2, 0) is 17.7 Å². The maximum atomic E-state index is 13.5. The van der Waals surface area contributed by atoms with Crippen molar-refractivity contribution in [2.75, 3.05) is 0 Å². The van der Waals surface area contributed by atoms with E-state index in [4.69, 9.17) is 4.65 Å². The molecule has 0 atom stereocenters. The summed E-state index contributed by atoms with van der Waals surface area (Å²) in [6.45, 7) is 1.97. The fourth-order valence-corrected chi connectivity index (χ4v) is 2.30. The van der Waals surface area contributed by atoms with Crippen molar-refractivity contribution >= 4 is 18.4 Å². The van der Waals surface area contributed by atoms with Crippen LogP contribution in [0.1, 0.15) is 27.2 Å². The SMILES string of the molecule is Cc1cnc(C(=O)Cc2ccc3c(c2)B(O)OC3)cc1F. The van der Waals surface area contributed by atoms with Gasteiger partial charge in [-0.1, -0.05) is 18.2 Å². The predicted octanol–water partition coefficient (Wildman–Crippen LogP) is 1.17. The van der Waals surface area contributed by atoms with Crippen LogP contribution in [0.3, 0.4) is 0 Å². The van der Waals surface area contributed by atoms with Crippen LogP contribution in [0.25, 0.3) is 0 Å². The molecule has 0 fully saturated rings. The molecule has 21 heavy (non-hydrogen) atoms. The summed E-state index contributed by atoms with van der Waals surface area (Å²) < 4.78 is 18.6. The van der Waals surface area contributed by atoms with E-state index in [0.29, 0.717) is 17.6 Å². The van der Waals surface area contributed by atoms with Gasteiger partial charge in [-0.2, -0.15) is 0 Å². The Morgan fingerprint density at radius 1 is 1.48 bits per heavy atom. The van der Waals surface area contributed by atoms with Crippen molar-refractivity contribution in [2.24, 2.45) is 0 Å². The first-order valence-electron chi connectivity index (χ1n) is 6.61. The molecule has 106 valence electrons. The number of pyridine rings is 1. The van der Waals surface area contributed by atoms with Gasteiger partial charge in [-0.25, -0.2) is 4.39 Å². The molecule has 0 spiro atoms. The van der Waals surface area contributed by atoms with E-state index in [1.165, 1.54) is 6.20 Å². The molecule has 1 aliphatic heterocycles. The van der Waals surface area contributed by atoms with Crippen LogP contribution >= 0.6 is 0 Å². The number of benzene rings is 1. The highest BCUT2D eigenvalue weighted by Gasteiger charge is 2.27. The fraction of sp³-hybridized carbons (Fsp3) is 0.200. The van der Waals surface area contributed by atoms with E-state index in [2.05, 4.69) is 4.98 Å². The summed E-state index contributed by atoms with van der Waals surface area (Å²) in [5.74, 6) is -0.701. The van der Waals surface area contributed by atoms with E-state index in [9.17, 15) is 14.2 Å². The molecule has 1 aliphatic rings. The van der Waals surface area contributed by atoms with Crippen LogP contribution in [-0.4, -0.2) is 22.9 Å². The van der Waals surface area contributed by atoms with E-state index in [1.54, 1.807) is 13.0 Å². The van der Waals surface area contributed by atoms with Crippen molar-refractivity contribution in [2.45, 2.75) is 20.0 Å². The molecule has 0 saturated heterocycles. The summed E-state index contributed by atoms with van der Waals surface area (Å²) in [5.41, 5.74) is 2.85. The standard InChI is InChI=1S/C15H13BFNO3/c1-9-7-18-14(6-13(9)17)15(19)5-10-2-3-11-8-21-16(20)12(11)4-10/h2-4,6-7,20H,5,8H2,1H3. The highest BCUT2D eigenvalue weighted by Crippen LogP contribution is 2.14. The molecule has 6 heteroatoms. The third kappa shape index (κ3) is 2.72. The molecule has 2 aromatic rings. The monoisotopic (exact) mass is 285 g/mol. The number of aromatic nitrogens is 1. The zero-order valence-corrected chi connectivity index (χ0v) is 11.5. The fourth-order valence-electron chi connectivity index (χ4n) is 2.30. The lowest BCUT2D eigenvalue weighted by Gasteiger charge is -2.05. The van der Waals surface area contributed by atoms with Crippen LogP contribution in [0, 0.1) is 12.7 Å². The number of hydrogen-bond acceptors (Lipinski definition) is 4. The topological polar surface area (TPSA) is 59.4 Å². The zero-order chi connectivity index (χ0) is 15.0. The Kier molecular flexibility index (Phi) is 3.57. The van der Waals surface area contributed by atoms with Crippen LogP contribution in [0.2, 0.25) is 0 Å². The third-order valence-corrected chi connectivity index (χ3v) is 3.56. The van der Waals surface area contributed by atoms with E-state index in [0.717, 1.165) is 17.2 Å². The summed E-state index contributed by atoms with van der Waals surface area (Å²) in [6, 6.07) is 6.54. The number of carbonyl (C=O) groups is 1. The van der Waals surface area contributed by atoms with Gasteiger partial charge in [-0.05, 0) is 23.5 Å². The van der Waals surface area contributed by atoms with Gasteiger partial charge in [0.05, 0.1) is 6.61 Å². The molecule has 0 amide bonds. The molecule has 0 radical (unpaired) electrons. The summed E-state index contributed by atoms with van der Waals surface area (Å²) in [5, 5.41) is 9.65. The lowest BCUT2D eigenvalue weighted by atomic mass is 9.78. The van der Waals surface area contributed by atoms with Crippen molar-refractivity contribution in [1.29, 1.82) is 0 Å². The van der Waals surface area contributed by atoms with E-state index < -0.39 is 12.9 Å². The number of Topliss-reactive ketones (excluding diaryl/α,β-unsaturated/α-hetero) is 1. The summed E-state index contributed by atoms with van der Waals surface area (Å²) >= 11 is 0. The highest BCUT2D eigenvalue weighted by molar-refractivity contribution is 6.61. The lowest BCUT2D eigenvalue weighted by molar-refractivity contribution is 0.0987. The number of carbonyl (C=O) groups excluding carboxylic acids is 1. The normalized spacial score (nSPS) is 13.4. The average Bonchev–Trinajstić information content (AvgIpc) is 2.83. The Morgan fingerprint density at radius 2 is 2.29 bits per heavy atom. The van der Waals surface area contributed by atoms with Crippen LogP contribution in [0.5, 0.6) is 0 Å². The van der Waals surface area contributed by atoms with Crippen molar-refractivity contribution in [3.05, 3.63) is 58.7 Å². The van der Waals surface area contributed by atoms with Gasteiger partial charge in [0, 0.05) is 24.2 Å². The minimum absolute atomic E-state index is 0.107. The molecular weight excluding hydrogens is 272 g/mol. The summed E-state index contributed by atoms with van der Waals surface area (Å²) in [7, 11) is -0.940. The molecular formula is C15H13BFNO3. The summed E-state index contributed by atoms with van der Waals surface area (Å²) in [4.78, 5) is 16.1. The maximum absolute atomic E-state index is 13.5. The molecule has 0 unspecified atom stereocenters. The second-order valence-electron chi connectivity index (χ2n) is 5.12. The minimum atomic E-state index is -0.940. The second-order valence-corrected chi connectivity index (χ2v) is 5.12. The maximum Gasteiger partial charge on any atom is 0.491 e. The van der Waals surface area contributed by atoms with E-state index in [-0.39, 0.29) is 17.9 Å². The Hall–Kier alpha value is -2.05. The number of fused-ring (bicyclic) bond motifs is 1. The number of hydrogen-bond donors (Lipinski definition) is 1. The molecule has 1 aromatic heterocycles. The van der Waals surface area contributed by atoms with Crippen LogP contribution < -0.4 is 5.46 Å². The predicted molar refractivity (Wildman–Crippen MR) is 75.8 cm³/mol. The molecule has 0 bridgehead atoms. The van der Waals surface area contributed by atoms with E-state index in [1.807, 2.05) is 12.1 Å². The first-order chi connectivity index (χ1) is 10.0. The van der Waals surface area contributed by atoms with Crippen molar-refractivity contribution < 1.29 is 18.9 Å². The smallest absolute Gasteiger partial charge is 0.423 e. The van der Waals surface area contributed by atoms with Gasteiger partial charge in [0.15, 0.2) is 5.78 Å². The number of aryl methyl sites for hydroxylation is 1. The highest BCUT2D eigenvalue weighted by atomic mass is 19.1. The number of halogens is 1. The lowest BCUT2D eigenvalue weighted by Crippen LogP contribution is -2.28. The molecule has 2 heterocycles. The molecule has 4 nitrogen and oxygen atoms in total. The number of nitrogens with zero attached hydrogens (tertiary/aromatic N) is 1. The first-order valence-corrected chi connectivity index (χ1v) is 6.61. The molecule has 3 rings (SSSR count). The molecule has 0 saturated carbocycles. The van der Waals surface area contributed by atoms with Crippen molar-refractivity contribution in [1.82, 2.24) is 4.98 Å². The Labute approximate surface area is 121 Å². The average molecular weight is 285 g/mol. The number of ketones is 1. The van der Waals surface area contributed by atoms with Crippen molar-refractivity contribution in [3.63, 3.8) is 0 Å². The van der Waals surface area contributed by atoms with Crippen LogP contribution in [0.15, 0.2) is 30.5 Å². The largest absolute Gasteiger partial charge is 0.491 e. The Balaban J connectivity index is 1.82. The Morgan fingerprint density at radius 3 is 3.05 bits per heavy atom. The third-order valence-electron chi connectivity index (χ3n) is 3.56. The molecule has 1 N–H and O–H groups in total. The quantitative estimate of drug-likeness (QED) is 0.679. The van der Waals surface area contributed by atoms with Gasteiger partial charge in [0.1, 0.15) is 11.5 Å². The number of rotatable bonds is 3. The minimum Gasteiger partial charge on any atom is -0.423 e. The summed E-state index contributed by atoms with van der Waals surface area (Å²) in [6.07, 6.45) is 1.46. The van der Waals surface area contributed by atoms with Gasteiger partial charge in [-0.3, -0.25) is 9.78 Å². The van der Waals surface area contributed by atoms with Gasteiger partial charge < -0.3 is 9.68 Å². The van der Waals surface area contributed by atoms with Gasteiger partial charge in [0.2, 0.25) is 0 Å². The van der Waals surface area contributed by atoms with Crippen molar-refractivity contribution in [3.8, 4) is 0 Å². The molecule has 1 aromatic carbocycles. The molecule has 0 aliphatic carbocycles. The van der Waals surface area contributed by atoms with Gasteiger partial charge in [0.25, 0.3) is 0 Å². The second kappa shape index (κ2) is 5.39. The Bertz CT molecular complexity index is 720. The van der Waals surface area contributed by atoms with Gasteiger partial charge in [-0.15, -0.1) is 0 Å². The van der Waals surface area contributed by atoms with Gasteiger partial charge >= 0.3 is 7.12 Å². The van der Waals surface area contributed by atoms with E-state index >= 15 is 0 Å². The van der Waals surface area contributed by atoms with Crippen LogP contribution in [0.4, 0.5) is 4.39 Å². The first kappa shape index (κ1) is 13.9.